The number of aryl methyl sites for hydroxylation is 1. The molecule has 3 N–H and O–H groups in total. The smallest absolute Gasteiger partial charge is 0.339 e. The number of urea groups is 1. The van der Waals surface area contributed by atoms with Crippen LogP contribution in [0.3, 0.4) is 0 Å². The van der Waals surface area contributed by atoms with Gasteiger partial charge in [-0.2, -0.15) is 8.42 Å². The summed E-state index contributed by atoms with van der Waals surface area (Å²) in [5, 5.41) is 2.69. The molecule has 7 nitrogen and oxygen atoms in total. The van der Waals surface area contributed by atoms with E-state index in [1.807, 2.05) is 0 Å². The van der Waals surface area contributed by atoms with Gasteiger partial charge in [-0.05, 0) is 48.9 Å². The minimum atomic E-state index is -3.98. The normalized spacial score (nSPS) is 14.5. The standard InChI is InChI=1S/C16H17N3O4S/c1-11-8-12(17)10-14(9-11)23-24(21,22)15-4-2-13(3-5-15)19-7-6-18-16(19)20/h2-5,8-10H,6-7,17H2,1H3,(H,18,20). The van der Waals surface area contributed by atoms with Gasteiger partial charge in [-0.25, -0.2) is 4.79 Å². The zero-order chi connectivity index (χ0) is 17.3. The van der Waals surface area contributed by atoms with Crippen LogP contribution in [0.4, 0.5) is 16.2 Å². The first-order valence-electron chi connectivity index (χ1n) is 7.32. The number of amides is 2. The molecule has 24 heavy (non-hydrogen) atoms. The van der Waals surface area contributed by atoms with Crippen LogP contribution in [0.5, 0.6) is 5.75 Å². The van der Waals surface area contributed by atoms with Gasteiger partial charge >= 0.3 is 16.1 Å². The molecule has 2 aromatic carbocycles. The maximum atomic E-state index is 12.4. The van der Waals surface area contributed by atoms with Crippen LogP contribution in [0.1, 0.15) is 5.56 Å². The summed E-state index contributed by atoms with van der Waals surface area (Å²) in [6, 6.07) is 10.5. The molecule has 0 radical (unpaired) electrons. The van der Waals surface area contributed by atoms with Crippen molar-refractivity contribution >= 4 is 27.5 Å². The average Bonchev–Trinajstić information content (AvgIpc) is 2.92. The van der Waals surface area contributed by atoms with Crippen LogP contribution in [-0.4, -0.2) is 27.5 Å². The van der Waals surface area contributed by atoms with Gasteiger partial charge in [0.25, 0.3) is 0 Å². The second-order valence-electron chi connectivity index (χ2n) is 5.49. The highest BCUT2D eigenvalue weighted by molar-refractivity contribution is 7.87. The number of nitrogens with one attached hydrogen (secondary N) is 1. The van der Waals surface area contributed by atoms with E-state index in [1.54, 1.807) is 36.1 Å². The van der Waals surface area contributed by atoms with Gasteiger partial charge in [0, 0.05) is 30.5 Å². The minimum absolute atomic E-state index is 0.00549. The number of anilines is 2. The quantitative estimate of drug-likeness (QED) is 0.649. The number of hydrogen-bond acceptors (Lipinski definition) is 5. The highest BCUT2D eigenvalue weighted by atomic mass is 32.2. The first-order valence-corrected chi connectivity index (χ1v) is 8.73. The summed E-state index contributed by atoms with van der Waals surface area (Å²) in [6.07, 6.45) is 0. The Morgan fingerprint density at radius 1 is 1.17 bits per heavy atom. The van der Waals surface area contributed by atoms with E-state index in [-0.39, 0.29) is 16.7 Å². The first kappa shape index (κ1) is 16.1. The molecule has 2 amide bonds. The van der Waals surface area contributed by atoms with Gasteiger partial charge in [0.15, 0.2) is 0 Å². The predicted molar refractivity (Wildman–Crippen MR) is 90.6 cm³/mol. The van der Waals surface area contributed by atoms with E-state index >= 15 is 0 Å². The lowest BCUT2D eigenvalue weighted by molar-refractivity contribution is 0.252. The zero-order valence-corrected chi connectivity index (χ0v) is 13.8. The third-order valence-electron chi connectivity index (χ3n) is 3.57. The second-order valence-corrected chi connectivity index (χ2v) is 7.04. The van der Waals surface area contributed by atoms with Crippen LogP contribution in [0, 0.1) is 6.92 Å². The van der Waals surface area contributed by atoms with Crippen LogP contribution in [-0.2, 0) is 10.1 Å². The molecule has 1 fully saturated rings. The summed E-state index contributed by atoms with van der Waals surface area (Å²) in [6.45, 7) is 2.91. The number of carbonyl (C=O) groups is 1. The largest absolute Gasteiger partial charge is 0.399 e. The van der Waals surface area contributed by atoms with Crippen LogP contribution < -0.4 is 20.1 Å². The average molecular weight is 347 g/mol. The van der Waals surface area contributed by atoms with Gasteiger partial charge in [-0.1, -0.05) is 0 Å². The molecule has 0 atom stereocenters. The van der Waals surface area contributed by atoms with Crippen LogP contribution in [0.2, 0.25) is 0 Å². The van der Waals surface area contributed by atoms with Crippen molar-refractivity contribution in [3.63, 3.8) is 0 Å². The summed E-state index contributed by atoms with van der Waals surface area (Å²) in [5.41, 5.74) is 7.56. The molecule has 1 aliphatic rings. The van der Waals surface area contributed by atoms with Crippen molar-refractivity contribution in [3.05, 3.63) is 48.0 Å². The number of rotatable bonds is 4. The molecule has 0 spiro atoms. The summed E-state index contributed by atoms with van der Waals surface area (Å²) < 4.78 is 29.9. The van der Waals surface area contributed by atoms with Crippen molar-refractivity contribution in [2.45, 2.75) is 11.8 Å². The fraction of sp³-hybridized carbons (Fsp3) is 0.188. The Bertz CT molecular complexity index is 858. The van der Waals surface area contributed by atoms with Crippen molar-refractivity contribution in [2.75, 3.05) is 23.7 Å². The Hall–Kier alpha value is -2.74. The van der Waals surface area contributed by atoms with Crippen molar-refractivity contribution in [3.8, 4) is 5.75 Å². The van der Waals surface area contributed by atoms with Gasteiger partial charge in [0.2, 0.25) is 0 Å². The maximum Gasteiger partial charge on any atom is 0.339 e. The highest BCUT2D eigenvalue weighted by Gasteiger charge is 2.22. The fourth-order valence-electron chi connectivity index (χ4n) is 2.51. The van der Waals surface area contributed by atoms with Gasteiger partial charge in [0.1, 0.15) is 10.6 Å². The van der Waals surface area contributed by atoms with Crippen molar-refractivity contribution in [2.24, 2.45) is 0 Å². The highest BCUT2D eigenvalue weighted by Crippen LogP contribution is 2.24. The Labute approximate surface area is 140 Å². The summed E-state index contributed by atoms with van der Waals surface area (Å²) >= 11 is 0. The molecule has 0 saturated carbocycles. The Kier molecular flexibility index (Phi) is 4.06. The van der Waals surface area contributed by atoms with Crippen LogP contribution in [0.15, 0.2) is 47.4 Å². The van der Waals surface area contributed by atoms with Gasteiger partial charge in [-0.15, -0.1) is 0 Å². The predicted octanol–water partition coefficient (Wildman–Crippen LogP) is 1.87. The van der Waals surface area contributed by atoms with Crippen molar-refractivity contribution in [1.82, 2.24) is 5.32 Å². The van der Waals surface area contributed by atoms with E-state index < -0.39 is 10.1 Å². The molecule has 0 aliphatic carbocycles. The molecule has 1 aliphatic heterocycles. The molecular formula is C16H17N3O4S. The van der Waals surface area contributed by atoms with E-state index in [9.17, 15) is 13.2 Å². The minimum Gasteiger partial charge on any atom is -0.399 e. The van der Waals surface area contributed by atoms with E-state index in [4.69, 9.17) is 9.92 Å². The summed E-state index contributed by atoms with van der Waals surface area (Å²) in [7, 11) is -3.98. The number of hydrogen-bond donors (Lipinski definition) is 2. The number of benzene rings is 2. The van der Waals surface area contributed by atoms with Gasteiger partial charge in [0.05, 0.1) is 0 Å². The molecule has 0 unspecified atom stereocenters. The molecular weight excluding hydrogens is 330 g/mol. The lowest BCUT2D eigenvalue weighted by atomic mass is 10.2. The Morgan fingerprint density at radius 3 is 2.46 bits per heavy atom. The van der Waals surface area contributed by atoms with Crippen LogP contribution in [0.25, 0.3) is 0 Å². The third kappa shape index (κ3) is 3.28. The number of carbonyl (C=O) groups excluding carboxylic acids is 1. The molecule has 8 heteroatoms. The Balaban J connectivity index is 1.83. The molecule has 2 aromatic rings. The number of nitrogen functional groups attached to an aromatic ring is 1. The summed E-state index contributed by atoms with van der Waals surface area (Å²) in [4.78, 5) is 13.2. The van der Waals surface area contributed by atoms with E-state index in [2.05, 4.69) is 5.32 Å². The molecule has 1 saturated heterocycles. The monoisotopic (exact) mass is 347 g/mol. The van der Waals surface area contributed by atoms with Gasteiger partial charge in [-0.3, -0.25) is 4.90 Å². The lowest BCUT2D eigenvalue weighted by Gasteiger charge is -2.14. The Morgan fingerprint density at radius 2 is 1.88 bits per heavy atom. The summed E-state index contributed by atoms with van der Waals surface area (Å²) in [5.74, 6) is 0.162. The van der Waals surface area contributed by atoms with Gasteiger partial charge < -0.3 is 15.2 Å². The first-order chi connectivity index (χ1) is 11.3. The van der Waals surface area contributed by atoms with E-state index in [1.165, 1.54) is 18.2 Å². The second kappa shape index (κ2) is 6.04. The lowest BCUT2D eigenvalue weighted by Crippen LogP contribution is -2.27. The molecule has 1 heterocycles. The van der Waals surface area contributed by atoms with Crippen molar-refractivity contribution < 1.29 is 17.4 Å². The molecule has 0 bridgehead atoms. The molecule has 0 aromatic heterocycles. The number of nitrogens with zero attached hydrogens (tertiary/aromatic N) is 1. The topological polar surface area (TPSA) is 102 Å². The van der Waals surface area contributed by atoms with Crippen molar-refractivity contribution in [1.29, 1.82) is 0 Å². The molecule has 3 rings (SSSR count). The molecule has 126 valence electrons. The SMILES string of the molecule is Cc1cc(N)cc(OS(=O)(=O)c2ccc(N3CCNC3=O)cc2)c1. The number of nitrogens with two attached hydrogens (primary N) is 1. The van der Waals surface area contributed by atoms with Crippen LogP contribution >= 0.6 is 0 Å². The zero-order valence-electron chi connectivity index (χ0n) is 13.0. The van der Waals surface area contributed by atoms with E-state index in [0.29, 0.717) is 24.5 Å². The maximum absolute atomic E-state index is 12.4. The fourth-order valence-corrected chi connectivity index (χ4v) is 3.43. The van der Waals surface area contributed by atoms with E-state index in [0.717, 1.165) is 5.56 Å². The third-order valence-corrected chi connectivity index (χ3v) is 4.83.